The first kappa shape index (κ1) is 15.1. The van der Waals surface area contributed by atoms with E-state index in [-0.39, 0.29) is 5.28 Å². The molecule has 0 unspecified atom stereocenters. The van der Waals surface area contributed by atoms with E-state index in [2.05, 4.69) is 40.6 Å². The summed E-state index contributed by atoms with van der Waals surface area (Å²) in [5.74, 6) is 1.40. The average molecular weight is 377 g/mol. The summed E-state index contributed by atoms with van der Waals surface area (Å²) in [6, 6.07) is 5.19. The number of halogens is 2. The molecule has 0 aliphatic heterocycles. The quantitative estimate of drug-likeness (QED) is 0.831. The molecule has 0 aromatic carbocycles. The first-order chi connectivity index (χ1) is 9.33. The van der Waals surface area contributed by atoms with Crippen molar-refractivity contribution >= 4 is 54.7 Å². The Morgan fingerprint density at radius 1 is 1.35 bits per heavy atom. The number of nitrogens with zero attached hydrogens (tertiary/aromatic N) is 4. The van der Waals surface area contributed by atoms with Crippen molar-refractivity contribution in [2.75, 3.05) is 17.8 Å². The molecule has 2 heterocycles. The highest BCUT2D eigenvalue weighted by molar-refractivity contribution is 9.10. The second-order valence-electron chi connectivity index (χ2n) is 4.11. The van der Waals surface area contributed by atoms with E-state index >= 15 is 0 Å². The van der Waals surface area contributed by atoms with Gasteiger partial charge in [-0.3, -0.25) is 0 Å². The number of nitrogens with one attached hydrogen (secondary N) is 1. The largest absolute Gasteiger partial charge is 0.324 e. The Morgan fingerprint density at radius 2 is 2.10 bits per heavy atom. The molecule has 0 amide bonds. The topological polar surface area (TPSA) is 80.1 Å². The van der Waals surface area contributed by atoms with Crippen molar-refractivity contribution < 1.29 is 4.21 Å². The van der Waals surface area contributed by atoms with Crippen molar-refractivity contribution in [1.29, 1.82) is 0 Å². The van der Waals surface area contributed by atoms with Crippen LogP contribution in [0.1, 0.15) is 0 Å². The zero-order chi connectivity index (χ0) is 14.8. The number of aromatic nitrogens is 3. The second-order valence-corrected chi connectivity index (χ2v) is 7.85. The molecule has 2 rings (SSSR count). The van der Waals surface area contributed by atoms with Gasteiger partial charge in [0.25, 0.3) is 0 Å². The standard InChI is InChI=1S/C11H11BrClN5OS/c1-20(2,19)18-9-5-3-4-8(15-9)16-10-7(12)6-14-11(13)17-10/h3-6H,1-2H3,(H,14,15,16,17). The van der Waals surface area contributed by atoms with Gasteiger partial charge in [-0.05, 0) is 39.7 Å². The molecule has 106 valence electrons. The molecule has 0 saturated heterocycles. The number of anilines is 2. The molecule has 0 atom stereocenters. The Hall–Kier alpha value is -1.25. The van der Waals surface area contributed by atoms with Crippen molar-refractivity contribution in [3.63, 3.8) is 0 Å². The zero-order valence-corrected chi connectivity index (χ0v) is 13.8. The van der Waals surface area contributed by atoms with Crippen LogP contribution in [0.2, 0.25) is 5.28 Å². The molecule has 0 aliphatic carbocycles. The van der Waals surface area contributed by atoms with Crippen molar-refractivity contribution in [3.05, 3.63) is 34.2 Å². The van der Waals surface area contributed by atoms with Crippen LogP contribution >= 0.6 is 27.5 Å². The molecule has 0 fully saturated rings. The molecular weight excluding hydrogens is 366 g/mol. The first-order valence-electron chi connectivity index (χ1n) is 5.43. The van der Waals surface area contributed by atoms with E-state index in [4.69, 9.17) is 11.6 Å². The van der Waals surface area contributed by atoms with Gasteiger partial charge in [-0.15, -0.1) is 0 Å². The van der Waals surface area contributed by atoms with Gasteiger partial charge in [-0.2, -0.15) is 9.35 Å². The summed E-state index contributed by atoms with van der Waals surface area (Å²) in [5.41, 5.74) is 0. The summed E-state index contributed by atoms with van der Waals surface area (Å²) in [7, 11) is -2.25. The third-order valence-corrected chi connectivity index (χ3v) is 3.40. The molecule has 20 heavy (non-hydrogen) atoms. The normalized spacial score (nSPS) is 11.2. The van der Waals surface area contributed by atoms with Gasteiger partial charge in [0.1, 0.15) is 5.82 Å². The highest BCUT2D eigenvalue weighted by Crippen LogP contribution is 2.24. The summed E-state index contributed by atoms with van der Waals surface area (Å²) in [6.45, 7) is 0. The number of pyridine rings is 1. The smallest absolute Gasteiger partial charge is 0.224 e. The van der Waals surface area contributed by atoms with Crippen LogP contribution in [0.15, 0.2) is 33.2 Å². The molecular formula is C11H11BrClN5OS. The number of rotatable bonds is 3. The van der Waals surface area contributed by atoms with E-state index in [1.807, 2.05) is 0 Å². The minimum absolute atomic E-state index is 0.127. The maximum atomic E-state index is 11.7. The molecule has 9 heteroatoms. The van der Waals surface area contributed by atoms with Gasteiger partial charge in [0, 0.05) is 28.4 Å². The third kappa shape index (κ3) is 4.39. The van der Waals surface area contributed by atoms with Crippen molar-refractivity contribution in [1.82, 2.24) is 15.0 Å². The van der Waals surface area contributed by atoms with Gasteiger partial charge in [0.2, 0.25) is 5.28 Å². The van der Waals surface area contributed by atoms with Gasteiger partial charge >= 0.3 is 0 Å². The Balaban J connectivity index is 2.33. The first-order valence-corrected chi connectivity index (χ1v) is 8.93. The highest BCUT2D eigenvalue weighted by Gasteiger charge is 2.06. The maximum Gasteiger partial charge on any atom is 0.224 e. The summed E-state index contributed by atoms with van der Waals surface area (Å²) in [4.78, 5) is 12.1. The predicted octanol–water partition coefficient (Wildman–Crippen LogP) is 3.39. The number of hydrogen-bond donors (Lipinski definition) is 1. The van der Waals surface area contributed by atoms with E-state index in [1.54, 1.807) is 30.7 Å². The van der Waals surface area contributed by atoms with Crippen LogP contribution in [-0.4, -0.2) is 31.7 Å². The monoisotopic (exact) mass is 375 g/mol. The Morgan fingerprint density at radius 3 is 2.80 bits per heavy atom. The highest BCUT2D eigenvalue weighted by atomic mass is 79.9. The van der Waals surface area contributed by atoms with E-state index < -0.39 is 9.73 Å². The van der Waals surface area contributed by atoms with Crippen molar-refractivity contribution in [2.45, 2.75) is 0 Å². The van der Waals surface area contributed by atoms with Gasteiger partial charge < -0.3 is 5.32 Å². The average Bonchev–Trinajstić information content (AvgIpc) is 2.32. The van der Waals surface area contributed by atoms with E-state index in [0.717, 1.165) is 0 Å². The van der Waals surface area contributed by atoms with Gasteiger partial charge in [-0.25, -0.2) is 14.2 Å². The predicted molar refractivity (Wildman–Crippen MR) is 84.3 cm³/mol. The molecule has 1 N–H and O–H groups in total. The molecule has 0 saturated carbocycles. The molecule has 0 bridgehead atoms. The fourth-order valence-corrected chi connectivity index (χ4v) is 2.30. The van der Waals surface area contributed by atoms with Crippen LogP contribution < -0.4 is 5.32 Å². The lowest BCUT2D eigenvalue weighted by atomic mass is 10.4. The second kappa shape index (κ2) is 6.02. The SMILES string of the molecule is CS(C)(=O)=Nc1cccc(Nc2nc(Cl)ncc2Br)n1. The van der Waals surface area contributed by atoms with Crippen molar-refractivity contribution in [2.24, 2.45) is 4.36 Å². The lowest BCUT2D eigenvalue weighted by molar-refractivity contribution is 0.684. The Kier molecular flexibility index (Phi) is 4.56. The Bertz CT molecular complexity index is 752. The molecule has 0 radical (unpaired) electrons. The Labute approximate surface area is 130 Å². The summed E-state index contributed by atoms with van der Waals surface area (Å²) < 4.78 is 16.3. The van der Waals surface area contributed by atoms with E-state index in [0.29, 0.717) is 21.9 Å². The van der Waals surface area contributed by atoms with E-state index in [9.17, 15) is 4.21 Å². The van der Waals surface area contributed by atoms with Crippen LogP contribution in [0.3, 0.4) is 0 Å². The molecule has 0 aliphatic rings. The lowest BCUT2D eigenvalue weighted by Gasteiger charge is -2.07. The molecule has 0 spiro atoms. The van der Waals surface area contributed by atoms with Crippen LogP contribution in [0.5, 0.6) is 0 Å². The number of hydrogen-bond acceptors (Lipinski definition) is 6. The van der Waals surface area contributed by atoms with Crippen LogP contribution in [0.4, 0.5) is 17.5 Å². The zero-order valence-electron chi connectivity index (χ0n) is 10.7. The minimum atomic E-state index is -2.25. The van der Waals surface area contributed by atoms with Crippen LogP contribution in [0.25, 0.3) is 0 Å². The van der Waals surface area contributed by atoms with Gasteiger partial charge in [0.15, 0.2) is 11.6 Å². The summed E-state index contributed by atoms with van der Waals surface area (Å²) in [5, 5.41) is 3.12. The van der Waals surface area contributed by atoms with Crippen molar-refractivity contribution in [3.8, 4) is 0 Å². The van der Waals surface area contributed by atoms with Gasteiger partial charge in [0.05, 0.1) is 4.47 Å². The minimum Gasteiger partial charge on any atom is -0.324 e. The van der Waals surface area contributed by atoms with Gasteiger partial charge in [-0.1, -0.05) is 6.07 Å². The van der Waals surface area contributed by atoms with Crippen LogP contribution in [-0.2, 0) is 9.73 Å². The molecule has 2 aromatic heterocycles. The third-order valence-electron chi connectivity index (χ3n) is 2.01. The van der Waals surface area contributed by atoms with Crippen LogP contribution in [0, 0.1) is 0 Å². The molecule has 6 nitrogen and oxygen atoms in total. The van der Waals surface area contributed by atoms with E-state index in [1.165, 1.54) is 6.20 Å². The fourth-order valence-electron chi connectivity index (χ4n) is 1.32. The molecule has 2 aromatic rings. The maximum absolute atomic E-state index is 11.7. The summed E-state index contributed by atoms with van der Waals surface area (Å²) in [6.07, 6.45) is 4.64. The summed E-state index contributed by atoms with van der Waals surface area (Å²) >= 11 is 9.05. The lowest BCUT2D eigenvalue weighted by Crippen LogP contribution is -1.98. The fraction of sp³-hybridized carbons (Fsp3) is 0.182.